The molecule has 5 nitrogen and oxygen atoms in total. The molecule has 0 aliphatic carbocycles. The number of rotatable bonds is 5. The van der Waals surface area contributed by atoms with E-state index in [1.807, 2.05) is 42.5 Å². The zero-order valence-electron chi connectivity index (χ0n) is 15.8. The number of benzene rings is 2. The zero-order valence-corrected chi connectivity index (χ0v) is 17.3. The molecule has 0 radical (unpaired) electrons. The van der Waals surface area contributed by atoms with Crippen LogP contribution in [0.4, 0.5) is 0 Å². The quantitative estimate of drug-likeness (QED) is 0.771. The molecule has 27 heavy (non-hydrogen) atoms. The van der Waals surface area contributed by atoms with Gasteiger partial charge in [0, 0.05) is 0 Å². The smallest absolute Gasteiger partial charge is 0.258 e. The summed E-state index contributed by atoms with van der Waals surface area (Å²) in [5, 5.41) is 2.82. The highest BCUT2D eigenvalue weighted by Crippen LogP contribution is 2.32. The summed E-state index contributed by atoms with van der Waals surface area (Å²) in [6.45, 7) is 7.16. The van der Waals surface area contributed by atoms with Gasteiger partial charge in [-0.3, -0.25) is 4.79 Å². The fourth-order valence-electron chi connectivity index (χ4n) is 2.67. The average molecular weight is 434 g/mol. The largest absolute Gasteiger partial charge is 0.486 e. The Morgan fingerprint density at radius 3 is 2.67 bits per heavy atom. The van der Waals surface area contributed by atoms with Crippen LogP contribution < -0.4 is 19.5 Å². The molecule has 3 rings (SSSR count). The van der Waals surface area contributed by atoms with E-state index in [9.17, 15) is 4.79 Å². The fraction of sp³-hybridized carbons (Fsp3) is 0.381. The Morgan fingerprint density at radius 1 is 1.22 bits per heavy atom. The Morgan fingerprint density at radius 2 is 1.96 bits per heavy atom. The normalized spacial score (nSPS) is 15.9. The van der Waals surface area contributed by atoms with Crippen molar-refractivity contribution in [2.45, 2.75) is 32.3 Å². The maximum atomic E-state index is 12.1. The highest BCUT2D eigenvalue weighted by Gasteiger charge is 2.21. The number of hydrogen-bond acceptors (Lipinski definition) is 4. The summed E-state index contributed by atoms with van der Waals surface area (Å²) in [7, 11) is 0. The van der Waals surface area contributed by atoms with Crippen LogP contribution in [0, 0.1) is 0 Å². The first-order chi connectivity index (χ1) is 12.8. The van der Waals surface area contributed by atoms with E-state index in [2.05, 4.69) is 42.0 Å². The van der Waals surface area contributed by atoms with E-state index < -0.39 is 0 Å². The molecule has 1 aliphatic rings. The van der Waals surface area contributed by atoms with Crippen LogP contribution in [0.1, 0.15) is 26.3 Å². The summed E-state index contributed by atoms with van der Waals surface area (Å²) >= 11 is 3.51. The van der Waals surface area contributed by atoms with Crippen LogP contribution in [0.5, 0.6) is 17.2 Å². The predicted molar refractivity (Wildman–Crippen MR) is 108 cm³/mol. The van der Waals surface area contributed by atoms with E-state index in [-0.39, 0.29) is 24.0 Å². The van der Waals surface area contributed by atoms with Crippen LogP contribution in [0.25, 0.3) is 0 Å². The predicted octanol–water partition coefficient (Wildman–Crippen LogP) is 4.08. The van der Waals surface area contributed by atoms with Crippen molar-refractivity contribution in [1.82, 2.24) is 5.32 Å². The topological polar surface area (TPSA) is 56.8 Å². The van der Waals surface area contributed by atoms with Gasteiger partial charge in [-0.2, -0.15) is 0 Å². The van der Waals surface area contributed by atoms with E-state index in [0.29, 0.717) is 24.7 Å². The van der Waals surface area contributed by atoms with E-state index in [1.54, 1.807) is 0 Å². The molecule has 0 unspecified atom stereocenters. The second-order valence-electron chi connectivity index (χ2n) is 7.49. The SMILES string of the molecule is CC(C)(C)c1ccc(OCC(=O)NC[C@H]2COc3ccccc3O2)c(Br)c1. The van der Waals surface area contributed by atoms with Gasteiger partial charge in [-0.1, -0.05) is 39.0 Å². The number of para-hydroxylation sites is 2. The summed E-state index contributed by atoms with van der Waals surface area (Å²) in [5.74, 6) is 1.86. The molecule has 0 saturated carbocycles. The first-order valence-electron chi connectivity index (χ1n) is 8.91. The van der Waals surface area contributed by atoms with Gasteiger partial charge in [0.25, 0.3) is 5.91 Å². The van der Waals surface area contributed by atoms with Crippen molar-refractivity contribution in [2.24, 2.45) is 0 Å². The van der Waals surface area contributed by atoms with Gasteiger partial charge in [-0.25, -0.2) is 0 Å². The molecule has 144 valence electrons. The Bertz CT molecular complexity index is 816. The summed E-state index contributed by atoms with van der Waals surface area (Å²) in [4.78, 5) is 12.1. The number of nitrogens with one attached hydrogen (secondary N) is 1. The molecule has 0 fully saturated rings. The second-order valence-corrected chi connectivity index (χ2v) is 8.34. The van der Waals surface area contributed by atoms with Crippen molar-refractivity contribution in [3.05, 3.63) is 52.5 Å². The van der Waals surface area contributed by atoms with Crippen LogP contribution in [-0.2, 0) is 10.2 Å². The van der Waals surface area contributed by atoms with Gasteiger partial charge >= 0.3 is 0 Å². The molecule has 1 aliphatic heterocycles. The lowest BCUT2D eigenvalue weighted by Gasteiger charge is -2.26. The second kappa shape index (κ2) is 8.21. The molecule has 0 bridgehead atoms. The van der Waals surface area contributed by atoms with Crippen LogP contribution >= 0.6 is 15.9 Å². The summed E-state index contributed by atoms with van der Waals surface area (Å²) in [6.07, 6.45) is -0.221. The summed E-state index contributed by atoms with van der Waals surface area (Å²) in [6, 6.07) is 13.4. The number of hydrogen-bond donors (Lipinski definition) is 1. The third kappa shape index (κ3) is 5.16. The van der Waals surface area contributed by atoms with E-state index >= 15 is 0 Å². The van der Waals surface area contributed by atoms with Gasteiger partial charge in [-0.05, 0) is 51.2 Å². The van der Waals surface area contributed by atoms with Crippen LogP contribution in [0.15, 0.2) is 46.9 Å². The van der Waals surface area contributed by atoms with Crippen LogP contribution in [-0.4, -0.2) is 31.8 Å². The summed E-state index contributed by atoms with van der Waals surface area (Å²) in [5.41, 5.74) is 1.25. The van der Waals surface area contributed by atoms with Crippen LogP contribution in [0.2, 0.25) is 0 Å². The van der Waals surface area contributed by atoms with Crippen molar-refractivity contribution < 1.29 is 19.0 Å². The van der Waals surface area contributed by atoms with Crippen molar-refractivity contribution >= 4 is 21.8 Å². The number of ether oxygens (including phenoxy) is 3. The van der Waals surface area contributed by atoms with Crippen molar-refractivity contribution in [2.75, 3.05) is 19.8 Å². The number of halogens is 1. The minimum absolute atomic E-state index is 0.0547. The van der Waals surface area contributed by atoms with Gasteiger partial charge in [0.1, 0.15) is 18.5 Å². The lowest BCUT2D eigenvalue weighted by molar-refractivity contribution is -0.123. The Balaban J connectivity index is 1.47. The number of carbonyl (C=O) groups is 1. The zero-order chi connectivity index (χ0) is 19.4. The molecule has 1 amide bonds. The molecule has 2 aromatic rings. The fourth-order valence-corrected chi connectivity index (χ4v) is 3.16. The molecule has 0 saturated heterocycles. The molecule has 0 spiro atoms. The minimum atomic E-state index is -0.221. The maximum absolute atomic E-state index is 12.1. The van der Waals surface area contributed by atoms with Crippen LogP contribution in [0.3, 0.4) is 0 Å². The maximum Gasteiger partial charge on any atom is 0.258 e. The number of fused-ring (bicyclic) bond motifs is 1. The minimum Gasteiger partial charge on any atom is -0.486 e. The van der Waals surface area contributed by atoms with Gasteiger partial charge in [0.05, 0.1) is 11.0 Å². The monoisotopic (exact) mass is 433 g/mol. The Hall–Kier alpha value is -2.21. The Labute approximate surface area is 168 Å². The molecule has 1 N–H and O–H groups in total. The molecule has 0 aromatic heterocycles. The molecular weight excluding hydrogens is 410 g/mol. The molecule has 1 heterocycles. The van der Waals surface area contributed by atoms with E-state index in [1.165, 1.54) is 5.56 Å². The highest BCUT2D eigenvalue weighted by atomic mass is 79.9. The van der Waals surface area contributed by atoms with Crippen molar-refractivity contribution in [1.29, 1.82) is 0 Å². The Kier molecular flexibility index (Phi) is 5.95. The third-order valence-corrected chi connectivity index (χ3v) is 4.87. The number of amides is 1. The average Bonchev–Trinajstić information content (AvgIpc) is 2.64. The third-order valence-electron chi connectivity index (χ3n) is 4.25. The van der Waals surface area contributed by atoms with Gasteiger partial charge in [-0.15, -0.1) is 0 Å². The molecule has 6 heteroatoms. The first kappa shape index (κ1) is 19.5. The van der Waals surface area contributed by atoms with Gasteiger partial charge < -0.3 is 19.5 Å². The van der Waals surface area contributed by atoms with E-state index in [0.717, 1.165) is 10.2 Å². The van der Waals surface area contributed by atoms with Gasteiger partial charge in [0.2, 0.25) is 0 Å². The highest BCUT2D eigenvalue weighted by molar-refractivity contribution is 9.10. The molecule has 1 atom stereocenters. The van der Waals surface area contributed by atoms with Crippen molar-refractivity contribution in [3.8, 4) is 17.2 Å². The van der Waals surface area contributed by atoms with E-state index in [4.69, 9.17) is 14.2 Å². The molecule has 2 aromatic carbocycles. The standard InChI is InChI=1S/C21H24BrNO4/c1-21(2,3)14-8-9-17(16(22)10-14)26-13-20(24)23-11-15-12-25-18-6-4-5-7-19(18)27-15/h4-10,15H,11-13H2,1-3H3,(H,23,24)/t15-/m0/s1. The van der Waals surface area contributed by atoms with Crippen molar-refractivity contribution in [3.63, 3.8) is 0 Å². The summed E-state index contributed by atoms with van der Waals surface area (Å²) < 4.78 is 17.9. The van der Waals surface area contributed by atoms with Gasteiger partial charge in [0.15, 0.2) is 18.1 Å². The lowest BCUT2D eigenvalue weighted by Crippen LogP contribution is -2.42. The lowest BCUT2D eigenvalue weighted by atomic mass is 9.87. The first-order valence-corrected chi connectivity index (χ1v) is 9.70. The molecular formula is C21H24BrNO4. The number of carbonyl (C=O) groups excluding carboxylic acids is 1.